The smallest absolute Gasteiger partial charge is 0.293 e. The summed E-state index contributed by atoms with van der Waals surface area (Å²) in [6.45, 7) is 1.92. The molecule has 0 bridgehead atoms. The fourth-order valence-electron chi connectivity index (χ4n) is 3.03. The third kappa shape index (κ3) is 4.01. The van der Waals surface area contributed by atoms with E-state index < -0.39 is 5.91 Å². The minimum absolute atomic E-state index is 0.146. The summed E-state index contributed by atoms with van der Waals surface area (Å²) in [6.07, 6.45) is 1.99. The zero-order valence-corrected chi connectivity index (χ0v) is 15.0. The number of rotatable bonds is 5. The van der Waals surface area contributed by atoms with Crippen LogP contribution in [0.2, 0.25) is 0 Å². The van der Waals surface area contributed by atoms with Crippen LogP contribution in [0.25, 0.3) is 0 Å². The van der Waals surface area contributed by atoms with Gasteiger partial charge in [-0.15, -0.1) is 0 Å². The maximum Gasteiger partial charge on any atom is 0.293 e. The highest BCUT2D eigenvalue weighted by Crippen LogP contribution is 2.25. The highest BCUT2D eigenvalue weighted by molar-refractivity contribution is 6.01. The molecule has 0 atom stereocenters. The van der Waals surface area contributed by atoms with Gasteiger partial charge in [-0.05, 0) is 44.1 Å². The molecule has 3 aromatic rings. The van der Waals surface area contributed by atoms with Gasteiger partial charge in [-0.25, -0.2) is 4.68 Å². The number of nitrogens with one attached hydrogen (secondary N) is 2. The standard InChI is InChI=1S/C19H21N5O3/c1-24-19(21-17(23-24)13-9-11-20-12-10-13)22-18(25)15-7-8-16(27-15)26-14-5-3-2-4-6-14/h2-8,13,20H,9-12H2,1H3,(H,21,22,23,25). The van der Waals surface area contributed by atoms with Crippen molar-refractivity contribution in [1.29, 1.82) is 0 Å². The van der Waals surface area contributed by atoms with E-state index in [1.807, 2.05) is 30.3 Å². The minimum Gasteiger partial charge on any atom is -0.426 e. The maximum atomic E-state index is 12.5. The summed E-state index contributed by atoms with van der Waals surface area (Å²) < 4.78 is 12.6. The minimum atomic E-state index is -0.398. The molecule has 1 aromatic carbocycles. The van der Waals surface area contributed by atoms with Crippen LogP contribution in [-0.4, -0.2) is 33.8 Å². The predicted octanol–water partition coefficient (Wildman–Crippen LogP) is 2.92. The van der Waals surface area contributed by atoms with Crippen molar-refractivity contribution in [2.45, 2.75) is 18.8 Å². The summed E-state index contributed by atoms with van der Waals surface area (Å²) in [5.41, 5.74) is 0. The lowest BCUT2D eigenvalue weighted by Gasteiger charge is -2.19. The Morgan fingerprint density at radius 1 is 1.22 bits per heavy atom. The SMILES string of the molecule is Cn1nc(C2CCNCC2)nc1NC(=O)c1ccc(Oc2ccccc2)o1. The highest BCUT2D eigenvalue weighted by Gasteiger charge is 2.22. The van der Waals surface area contributed by atoms with Gasteiger partial charge in [0, 0.05) is 19.0 Å². The second-order valence-electron chi connectivity index (χ2n) is 6.43. The molecule has 1 amide bonds. The molecule has 1 aliphatic heterocycles. The number of anilines is 1. The van der Waals surface area contributed by atoms with Crippen molar-refractivity contribution in [3.63, 3.8) is 0 Å². The van der Waals surface area contributed by atoms with Gasteiger partial charge in [-0.1, -0.05) is 18.2 Å². The zero-order chi connectivity index (χ0) is 18.6. The second kappa shape index (κ2) is 7.63. The van der Waals surface area contributed by atoms with Crippen molar-refractivity contribution in [3.8, 4) is 11.7 Å². The lowest BCUT2D eigenvalue weighted by atomic mass is 9.98. The van der Waals surface area contributed by atoms with E-state index in [0.29, 0.717) is 17.6 Å². The summed E-state index contributed by atoms with van der Waals surface area (Å²) in [4.78, 5) is 17.0. The van der Waals surface area contributed by atoms with Crippen LogP contribution in [-0.2, 0) is 7.05 Å². The molecule has 4 rings (SSSR count). The predicted molar refractivity (Wildman–Crippen MR) is 99.0 cm³/mol. The monoisotopic (exact) mass is 367 g/mol. The number of carbonyl (C=O) groups is 1. The fourth-order valence-corrected chi connectivity index (χ4v) is 3.03. The molecule has 0 radical (unpaired) electrons. The summed E-state index contributed by atoms with van der Waals surface area (Å²) >= 11 is 0. The third-order valence-corrected chi connectivity index (χ3v) is 4.48. The Hall–Kier alpha value is -3.13. The topological polar surface area (TPSA) is 94.2 Å². The van der Waals surface area contributed by atoms with Gasteiger partial charge >= 0.3 is 0 Å². The van der Waals surface area contributed by atoms with Gasteiger partial charge in [-0.2, -0.15) is 10.1 Å². The summed E-state index contributed by atoms with van der Waals surface area (Å²) in [7, 11) is 1.76. The first-order chi connectivity index (χ1) is 13.2. The average molecular weight is 367 g/mol. The number of ether oxygens (including phenoxy) is 1. The molecule has 3 heterocycles. The van der Waals surface area contributed by atoms with Crippen molar-refractivity contribution < 1.29 is 13.9 Å². The van der Waals surface area contributed by atoms with Gasteiger partial charge < -0.3 is 14.5 Å². The first-order valence-electron chi connectivity index (χ1n) is 8.95. The number of aromatic nitrogens is 3. The van der Waals surface area contributed by atoms with Gasteiger partial charge in [0.15, 0.2) is 11.6 Å². The van der Waals surface area contributed by atoms with Crippen LogP contribution in [0.1, 0.15) is 35.1 Å². The Labute approximate surface area is 156 Å². The van der Waals surface area contributed by atoms with Crippen LogP contribution >= 0.6 is 0 Å². The molecule has 0 aliphatic carbocycles. The molecule has 0 spiro atoms. The lowest BCUT2D eigenvalue weighted by Crippen LogP contribution is -2.27. The number of furan rings is 1. The summed E-state index contributed by atoms with van der Waals surface area (Å²) in [6, 6.07) is 12.4. The number of para-hydroxylation sites is 1. The van der Waals surface area contributed by atoms with Crippen LogP contribution in [0.5, 0.6) is 11.7 Å². The van der Waals surface area contributed by atoms with Crippen molar-refractivity contribution in [1.82, 2.24) is 20.1 Å². The van der Waals surface area contributed by atoms with Crippen LogP contribution in [0, 0.1) is 0 Å². The molecule has 1 aliphatic rings. The Balaban J connectivity index is 1.42. The maximum absolute atomic E-state index is 12.5. The van der Waals surface area contributed by atoms with Crippen LogP contribution in [0.3, 0.4) is 0 Å². The molecule has 27 heavy (non-hydrogen) atoms. The van der Waals surface area contributed by atoms with Crippen LogP contribution < -0.4 is 15.4 Å². The Kier molecular flexibility index (Phi) is 4.88. The first kappa shape index (κ1) is 17.3. The van der Waals surface area contributed by atoms with E-state index in [2.05, 4.69) is 20.7 Å². The van der Waals surface area contributed by atoms with Gasteiger partial charge in [0.25, 0.3) is 11.9 Å². The third-order valence-electron chi connectivity index (χ3n) is 4.48. The first-order valence-corrected chi connectivity index (χ1v) is 8.95. The molecular weight excluding hydrogens is 346 g/mol. The summed E-state index contributed by atoms with van der Waals surface area (Å²) in [5, 5.41) is 10.5. The number of piperidine rings is 1. The fraction of sp³-hybridized carbons (Fsp3) is 0.316. The van der Waals surface area contributed by atoms with Gasteiger partial charge in [0.2, 0.25) is 5.95 Å². The Bertz CT molecular complexity index is 913. The molecule has 2 aromatic heterocycles. The van der Waals surface area contributed by atoms with E-state index in [0.717, 1.165) is 31.8 Å². The van der Waals surface area contributed by atoms with Gasteiger partial charge in [-0.3, -0.25) is 10.1 Å². The number of carbonyl (C=O) groups excluding carboxylic acids is 1. The molecule has 8 nitrogen and oxygen atoms in total. The van der Waals surface area contributed by atoms with Crippen molar-refractivity contribution in [2.24, 2.45) is 7.05 Å². The molecule has 2 N–H and O–H groups in total. The van der Waals surface area contributed by atoms with E-state index in [1.165, 1.54) is 0 Å². The molecule has 0 unspecified atom stereocenters. The van der Waals surface area contributed by atoms with E-state index in [1.54, 1.807) is 23.9 Å². The molecule has 8 heteroatoms. The highest BCUT2D eigenvalue weighted by atomic mass is 16.6. The normalized spacial score (nSPS) is 14.9. The van der Waals surface area contributed by atoms with Crippen molar-refractivity contribution in [2.75, 3.05) is 18.4 Å². The quantitative estimate of drug-likeness (QED) is 0.720. The average Bonchev–Trinajstić information content (AvgIpc) is 3.30. The van der Waals surface area contributed by atoms with Crippen LogP contribution in [0.15, 0.2) is 46.9 Å². The zero-order valence-electron chi connectivity index (χ0n) is 15.0. The molecule has 140 valence electrons. The number of benzene rings is 1. The van der Waals surface area contributed by atoms with E-state index in [4.69, 9.17) is 9.15 Å². The number of hydrogen-bond acceptors (Lipinski definition) is 6. The largest absolute Gasteiger partial charge is 0.426 e. The molecular formula is C19H21N5O3. The van der Waals surface area contributed by atoms with Crippen molar-refractivity contribution >= 4 is 11.9 Å². The molecule has 1 fully saturated rings. The molecule has 0 saturated carbocycles. The van der Waals surface area contributed by atoms with Crippen molar-refractivity contribution in [3.05, 3.63) is 54.0 Å². The number of amides is 1. The number of hydrogen-bond donors (Lipinski definition) is 2. The second-order valence-corrected chi connectivity index (χ2v) is 6.43. The van der Waals surface area contributed by atoms with E-state index >= 15 is 0 Å². The van der Waals surface area contributed by atoms with E-state index in [-0.39, 0.29) is 11.7 Å². The Morgan fingerprint density at radius 2 is 2.00 bits per heavy atom. The number of aryl methyl sites for hydroxylation is 1. The summed E-state index contributed by atoms with van der Waals surface area (Å²) in [5.74, 6) is 2.12. The number of nitrogens with zero attached hydrogens (tertiary/aromatic N) is 3. The van der Waals surface area contributed by atoms with Gasteiger partial charge in [0.05, 0.1) is 0 Å². The van der Waals surface area contributed by atoms with Gasteiger partial charge in [0.1, 0.15) is 5.75 Å². The van der Waals surface area contributed by atoms with E-state index in [9.17, 15) is 4.79 Å². The lowest BCUT2D eigenvalue weighted by molar-refractivity contribution is 0.0990. The van der Waals surface area contributed by atoms with Crippen LogP contribution in [0.4, 0.5) is 5.95 Å². The Morgan fingerprint density at radius 3 is 2.78 bits per heavy atom. The molecule has 1 saturated heterocycles.